The first-order valence-electron chi connectivity index (χ1n) is 11.3. The van der Waals surface area contributed by atoms with Crippen LogP contribution < -0.4 is 5.32 Å². The minimum Gasteiger partial charge on any atom is -0.441 e. The van der Waals surface area contributed by atoms with E-state index in [2.05, 4.69) is 17.2 Å². The van der Waals surface area contributed by atoms with E-state index >= 15 is 0 Å². The molecule has 1 aliphatic rings. The maximum Gasteiger partial charge on any atom is 0.224 e. The zero-order chi connectivity index (χ0) is 22.1. The number of hydrogen-bond acceptors (Lipinski definition) is 4. The number of halogens is 1. The summed E-state index contributed by atoms with van der Waals surface area (Å²) in [6.45, 7) is 4.04. The van der Waals surface area contributed by atoms with Crippen LogP contribution in [0.4, 0.5) is 4.39 Å². The zero-order valence-electron chi connectivity index (χ0n) is 18.2. The minimum absolute atomic E-state index is 0.0157. The zero-order valence-corrected chi connectivity index (χ0v) is 18.2. The molecule has 1 fully saturated rings. The molecule has 2 heterocycles. The molecule has 2 aromatic rings. The van der Waals surface area contributed by atoms with Crippen molar-refractivity contribution in [3.63, 3.8) is 0 Å². The Morgan fingerprint density at radius 1 is 1.23 bits per heavy atom. The number of oxazole rings is 1. The Kier molecular flexibility index (Phi) is 8.62. The Hall–Kier alpha value is -2.70. The second-order valence-corrected chi connectivity index (χ2v) is 8.16. The topological polar surface area (TPSA) is 75.4 Å². The molecule has 6 nitrogen and oxygen atoms in total. The fourth-order valence-electron chi connectivity index (χ4n) is 3.87. The van der Waals surface area contributed by atoms with Gasteiger partial charge in [-0.2, -0.15) is 0 Å². The fraction of sp³-hybridized carbons (Fsp3) is 0.542. The maximum atomic E-state index is 13.1. The van der Waals surface area contributed by atoms with Crippen LogP contribution in [0.25, 0.3) is 11.3 Å². The predicted molar refractivity (Wildman–Crippen MR) is 117 cm³/mol. The molecule has 0 spiro atoms. The van der Waals surface area contributed by atoms with E-state index in [1.807, 2.05) is 0 Å². The van der Waals surface area contributed by atoms with Crippen molar-refractivity contribution in [2.45, 2.75) is 58.3 Å². The number of rotatable bonds is 10. The van der Waals surface area contributed by atoms with E-state index in [1.54, 1.807) is 23.2 Å². The highest BCUT2D eigenvalue weighted by Crippen LogP contribution is 2.22. The second kappa shape index (κ2) is 11.6. The maximum absolute atomic E-state index is 13.1. The van der Waals surface area contributed by atoms with Gasteiger partial charge in [0.25, 0.3) is 0 Å². The van der Waals surface area contributed by atoms with E-state index in [4.69, 9.17) is 4.42 Å². The van der Waals surface area contributed by atoms with Crippen LogP contribution in [0.5, 0.6) is 0 Å². The van der Waals surface area contributed by atoms with Gasteiger partial charge in [0.2, 0.25) is 11.8 Å². The molecular formula is C24H32FN3O3. The van der Waals surface area contributed by atoms with Gasteiger partial charge < -0.3 is 14.6 Å². The van der Waals surface area contributed by atoms with E-state index < -0.39 is 0 Å². The quantitative estimate of drug-likeness (QED) is 0.570. The van der Waals surface area contributed by atoms with Crippen LogP contribution in [0.15, 0.2) is 34.9 Å². The number of carbonyl (C=O) groups is 2. The molecule has 1 aliphatic heterocycles. The molecule has 1 unspecified atom stereocenters. The molecule has 2 amide bonds. The summed E-state index contributed by atoms with van der Waals surface area (Å²) in [5, 5.41) is 3.03. The molecule has 7 heteroatoms. The molecule has 0 aliphatic carbocycles. The van der Waals surface area contributed by atoms with Crippen molar-refractivity contribution in [3.8, 4) is 11.3 Å². The molecule has 0 bridgehead atoms. The van der Waals surface area contributed by atoms with Crippen LogP contribution >= 0.6 is 0 Å². The summed E-state index contributed by atoms with van der Waals surface area (Å²) in [6, 6.07) is 6.01. The first-order valence-corrected chi connectivity index (χ1v) is 11.3. The smallest absolute Gasteiger partial charge is 0.224 e. The number of nitrogens with one attached hydrogen (secondary N) is 1. The number of piperidine rings is 1. The van der Waals surface area contributed by atoms with Crippen molar-refractivity contribution in [2.75, 3.05) is 19.6 Å². The van der Waals surface area contributed by atoms with Gasteiger partial charge >= 0.3 is 0 Å². The van der Waals surface area contributed by atoms with Crippen molar-refractivity contribution >= 4 is 11.8 Å². The summed E-state index contributed by atoms with van der Waals surface area (Å²) >= 11 is 0. The molecule has 0 saturated carbocycles. The number of carbonyl (C=O) groups excluding carboxylic acids is 2. The Labute approximate surface area is 183 Å². The van der Waals surface area contributed by atoms with Gasteiger partial charge in [0.05, 0.1) is 12.1 Å². The first kappa shape index (κ1) is 23.0. The Morgan fingerprint density at radius 3 is 2.81 bits per heavy atom. The third-order valence-electron chi connectivity index (χ3n) is 5.71. The SMILES string of the molecule is CCCCCCNC(=O)C1CCCN(C(=O)CCc2ncc(-c3ccc(F)cc3)o2)C1. The summed E-state index contributed by atoms with van der Waals surface area (Å²) in [4.78, 5) is 31.1. The van der Waals surface area contributed by atoms with Gasteiger partial charge in [-0.1, -0.05) is 26.2 Å². The monoisotopic (exact) mass is 429 g/mol. The predicted octanol–water partition coefficient (Wildman–Crippen LogP) is 4.35. The number of likely N-dealkylation sites (tertiary alicyclic amines) is 1. The summed E-state index contributed by atoms with van der Waals surface area (Å²) in [5.41, 5.74) is 0.742. The summed E-state index contributed by atoms with van der Waals surface area (Å²) in [7, 11) is 0. The van der Waals surface area contributed by atoms with Crippen molar-refractivity contribution in [1.29, 1.82) is 0 Å². The minimum atomic E-state index is -0.306. The van der Waals surface area contributed by atoms with Crippen molar-refractivity contribution < 1.29 is 18.4 Å². The highest BCUT2D eigenvalue weighted by molar-refractivity contribution is 5.81. The van der Waals surface area contributed by atoms with E-state index in [1.165, 1.54) is 25.0 Å². The van der Waals surface area contributed by atoms with E-state index in [9.17, 15) is 14.0 Å². The normalized spacial score (nSPS) is 16.3. The van der Waals surface area contributed by atoms with E-state index in [0.717, 1.165) is 31.2 Å². The van der Waals surface area contributed by atoms with E-state index in [0.29, 0.717) is 37.7 Å². The standard InChI is InChI=1S/C24H32FN3O3/c1-2-3-4-5-14-26-24(30)19-7-6-15-28(17-19)23(29)13-12-22-27-16-21(31-22)18-8-10-20(25)11-9-18/h8-11,16,19H,2-7,12-15,17H2,1H3,(H,26,30). The van der Waals surface area contributed by atoms with Crippen LogP contribution in [-0.4, -0.2) is 41.3 Å². The second-order valence-electron chi connectivity index (χ2n) is 8.16. The van der Waals surface area contributed by atoms with Crippen molar-refractivity contribution in [1.82, 2.24) is 15.2 Å². The molecule has 0 radical (unpaired) electrons. The lowest BCUT2D eigenvalue weighted by molar-refractivity contribution is -0.135. The fourth-order valence-corrected chi connectivity index (χ4v) is 3.87. The van der Waals surface area contributed by atoms with E-state index in [-0.39, 0.29) is 30.0 Å². The van der Waals surface area contributed by atoms with Gasteiger partial charge in [0.15, 0.2) is 11.7 Å². The molecule has 1 N–H and O–H groups in total. The van der Waals surface area contributed by atoms with Gasteiger partial charge in [0.1, 0.15) is 5.82 Å². The third-order valence-corrected chi connectivity index (χ3v) is 5.71. The average molecular weight is 430 g/mol. The molecular weight excluding hydrogens is 397 g/mol. The highest BCUT2D eigenvalue weighted by Gasteiger charge is 2.28. The summed E-state index contributed by atoms with van der Waals surface area (Å²) < 4.78 is 18.8. The molecule has 1 aromatic heterocycles. The van der Waals surface area contributed by atoms with Gasteiger partial charge in [-0.05, 0) is 43.5 Å². The number of nitrogens with zero attached hydrogens (tertiary/aromatic N) is 2. The number of amides is 2. The number of aryl methyl sites for hydroxylation is 1. The number of unbranched alkanes of at least 4 members (excludes halogenated alkanes) is 3. The first-order chi connectivity index (χ1) is 15.1. The number of aromatic nitrogens is 1. The largest absolute Gasteiger partial charge is 0.441 e. The van der Waals surface area contributed by atoms with Gasteiger partial charge in [0, 0.05) is 38.0 Å². The van der Waals surface area contributed by atoms with Crippen molar-refractivity contribution in [2.24, 2.45) is 5.92 Å². The lowest BCUT2D eigenvalue weighted by Gasteiger charge is -2.32. The van der Waals surface area contributed by atoms with Crippen LogP contribution in [-0.2, 0) is 16.0 Å². The highest BCUT2D eigenvalue weighted by atomic mass is 19.1. The van der Waals surface area contributed by atoms with Crippen LogP contribution in [0.1, 0.15) is 57.8 Å². The van der Waals surface area contributed by atoms with Crippen LogP contribution in [0.2, 0.25) is 0 Å². The Morgan fingerprint density at radius 2 is 2.03 bits per heavy atom. The van der Waals surface area contributed by atoms with Gasteiger partial charge in [-0.3, -0.25) is 9.59 Å². The lowest BCUT2D eigenvalue weighted by atomic mass is 9.96. The average Bonchev–Trinajstić information content (AvgIpc) is 3.27. The third kappa shape index (κ3) is 6.91. The van der Waals surface area contributed by atoms with Gasteiger partial charge in [-0.25, -0.2) is 9.37 Å². The lowest BCUT2D eigenvalue weighted by Crippen LogP contribution is -2.45. The Balaban J connectivity index is 1.44. The summed E-state index contributed by atoms with van der Waals surface area (Å²) in [6.07, 6.45) is 8.44. The van der Waals surface area contributed by atoms with Crippen LogP contribution in [0, 0.1) is 11.7 Å². The molecule has 3 rings (SSSR count). The van der Waals surface area contributed by atoms with Crippen molar-refractivity contribution in [3.05, 3.63) is 42.2 Å². The Bertz CT molecular complexity index is 850. The molecule has 31 heavy (non-hydrogen) atoms. The number of hydrogen-bond donors (Lipinski definition) is 1. The van der Waals surface area contributed by atoms with Crippen LogP contribution in [0.3, 0.4) is 0 Å². The summed E-state index contributed by atoms with van der Waals surface area (Å²) in [5.74, 6) is 0.671. The van der Waals surface area contributed by atoms with Gasteiger partial charge in [-0.15, -0.1) is 0 Å². The molecule has 1 atom stereocenters. The molecule has 1 saturated heterocycles. The molecule has 168 valence electrons. The number of benzene rings is 1. The molecule has 1 aromatic carbocycles.